The number of fused-ring (bicyclic) bond motifs is 1. The molecule has 6 nitrogen and oxygen atoms in total. The summed E-state index contributed by atoms with van der Waals surface area (Å²) in [6.07, 6.45) is 4.17. The van der Waals surface area contributed by atoms with Crippen LogP contribution in [0.25, 0.3) is 0 Å². The fourth-order valence-corrected chi connectivity index (χ4v) is 4.57. The van der Waals surface area contributed by atoms with E-state index >= 15 is 0 Å². The van der Waals surface area contributed by atoms with E-state index in [0.717, 1.165) is 36.0 Å². The van der Waals surface area contributed by atoms with Crippen LogP contribution in [-0.2, 0) is 11.2 Å². The Labute approximate surface area is 171 Å². The van der Waals surface area contributed by atoms with Crippen molar-refractivity contribution >= 4 is 11.8 Å². The number of phenolic OH excluding ortho intramolecular Hbond substituents is 1. The van der Waals surface area contributed by atoms with E-state index < -0.39 is 0 Å². The lowest BCUT2D eigenvalue weighted by molar-refractivity contribution is -0.135. The van der Waals surface area contributed by atoms with Gasteiger partial charge in [-0.1, -0.05) is 12.1 Å². The molecule has 1 fully saturated rings. The molecule has 2 amide bonds. The van der Waals surface area contributed by atoms with Crippen LogP contribution in [0.15, 0.2) is 36.5 Å². The number of hydrogen-bond donors (Lipinski definition) is 1. The van der Waals surface area contributed by atoms with Crippen molar-refractivity contribution in [3.05, 3.63) is 58.9 Å². The van der Waals surface area contributed by atoms with E-state index in [4.69, 9.17) is 0 Å². The Morgan fingerprint density at radius 3 is 2.79 bits per heavy atom. The first-order chi connectivity index (χ1) is 14.0. The van der Waals surface area contributed by atoms with Gasteiger partial charge in [-0.3, -0.25) is 14.6 Å². The maximum absolute atomic E-state index is 13.3. The highest BCUT2D eigenvalue weighted by atomic mass is 16.3. The summed E-state index contributed by atoms with van der Waals surface area (Å²) >= 11 is 0. The number of rotatable bonds is 2. The molecule has 152 valence electrons. The average Bonchev–Trinajstić information content (AvgIpc) is 2.72. The van der Waals surface area contributed by atoms with Crippen molar-refractivity contribution in [3.63, 3.8) is 0 Å². The predicted octanol–water partition coefficient (Wildman–Crippen LogP) is 2.89. The molecule has 2 heterocycles. The van der Waals surface area contributed by atoms with E-state index in [1.54, 1.807) is 18.3 Å². The molecule has 1 saturated heterocycles. The minimum atomic E-state index is -0.209. The van der Waals surface area contributed by atoms with E-state index in [9.17, 15) is 14.7 Å². The first-order valence-corrected chi connectivity index (χ1v) is 10.3. The lowest BCUT2D eigenvalue weighted by Gasteiger charge is -2.41. The van der Waals surface area contributed by atoms with Crippen LogP contribution >= 0.6 is 0 Å². The molecule has 2 aliphatic rings. The number of carbonyl (C=O) groups excluding carboxylic acids is 2. The molecule has 0 radical (unpaired) electrons. The quantitative estimate of drug-likeness (QED) is 0.851. The second-order valence-corrected chi connectivity index (χ2v) is 8.14. The van der Waals surface area contributed by atoms with Gasteiger partial charge in [-0.05, 0) is 68.0 Å². The van der Waals surface area contributed by atoms with Gasteiger partial charge in [-0.25, -0.2) is 0 Å². The van der Waals surface area contributed by atoms with Crippen LogP contribution in [0.3, 0.4) is 0 Å². The number of aromatic nitrogens is 1. The van der Waals surface area contributed by atoms with Crippen molar-refractivity contribution in [2.24, 2.45) is 0 Å². The minimum absolute atomic E-state index is 0.0743. The number of pyridine rings is 1. The molecule has 1 aliphatic heterocycles. The van der Waals surface area contributed by atoms with Gasteiger partial charge in [0, 0.05) is 31.9 Å². The molecule has 0 saturated carbocycles. The van der Waals surface area contributed by atoms with Crippen molar-refractivity contribution < 1.29 is 14.7 Å². The highest BCUT2D eigenvalue weighted by Crippen LogP contribution is 2.37. The topological polar surface area (TPSA) is 73.7 Å². The van der Waals surface area contributed by atoms with Gasteiger partial charge < -0.3 is 14.9 Å². The molecule has 2 aromatic rings. The maximum atomic E-state index is 13.3. The van der Waals surface area contributed by atoms with Gasteiger partial charge in [0.2, 0.25) is 5.91 Å². The molecule has 0 bridgehead atoms. The number of aryl methyl sites for hydroxylation is 1. The van der Waals surface area contributed by atoms with Crippen LogP contribution in [0.2, 0.25) is 0 Å². The average molecular weight is 393 g/mol. The highest BCUT2D eigenvalue weighted by molar-refractivity contribution is 5.93. The minimum Gasteiger partial charge on any atom is -0.508 e. The van der Waals surface area contributed by atoms with Crippen molar-refractivity contribution in [2.45, 2.75) is 45.1 Å². The molecule has 4 rings (SSSR count). The number of nitrogens with zero attached hydrogens (tertiary/aromatic N) is 3. The zero-order chi connectivity index (χ0) is 20.5. The molecule has 0 spiro atoms. The maximum Gasteiger partial charge on any atom is 0.272 e. The third-order valence-electron chi connectivity index (χ3n) is 6.12. The Kier molecular flexibility index (Phi) is 5.26. The first-order valence-electron chi connectivity index (χ1n) is 10.3. The van der Waals surface area contributed by atoms with Crippen molar-refractivity contribution in [1.29, 1.82) is 0 Å². The molecule has 1 unspecified atom stereocenters. The SMILES string of the molecule is Cc1ccnc(C(=O)N2CCN(C(=O)C3CCCc4c(O)cccc43)C[C@H]2C)c1. The number of carbonyl (C=O) groups is 2. The molecule has 1 N–H and O–H groups in total. The van der Waals surface area contributed by atoms with Gasteiger partial charge in [-0.2, -0.15) is 0 Å². The smallest absolute Gasteiger partial charge is 0.272 e. The van der Waals surface area contributed by atoms with E-state index in [1.807, 2.05) is 41.8 Å². The summed E-state index contributed by atoms with van der Waals surface area (Å²) < 4.78 is 0. The zero-order valence-corrected chi connectivity index (χ0v) is 17.0. The second kappa shape index (κ2) is 7.85. The summed E-state index contributed by atoms with van der Waals surface area (Å²) in [5.74, 6) is 0.0959. The fourth-order valence-electron chi connectivity index (χ4n) is 4.57. The van der Waals surface area contributed by atoms with Crippen LogP contribution < -0.4 is 0 Å². The Morgan fingerprint density at radius 1 is 1.21 bits per heavy atom. The van der Waals surface area contributed by atoms with Crippen LogP contribution in [0.4, 0.5) is 0 Å². The van der Waals surface area contributed by atoms with Gasteiger partial charge in [0.1, 0.15) is 11.4 Å². The number of phenols is 1. The largest absolute Gasteiger partial charge is 0.508 e. The number of aromatic hydroxyl groups is 1. The lowest BCUT2D eigenvalue weighted by Crippen LogP contribution is -2.56. The zero-order valence-electron chi connectivity index (χ0n) is 17.0. The number of piperazine rings is 1. The summed E-state index contributed by atoms with van der Waals surface area (Å²) in [4.78, 5) is 34.1. The second-order valence-electron chi connectivity index (χ2n) is 8.14. The summed E-state index contributed by atoms with van der Waals surface area (Å²) in [6.45, 7) is 5.46. The Hall–Kier alpha value is -2.89. The van der Waals surface area contributed by atoms with Crippen molar-refractivity contribution in [1.82, 2.24) is 14.8 Å². The molecule has 1 aromatic carbocycles. The standard InChI is InChI=1S/C23H27N3O3/c1-15-9-10-24-20(13-15)23(29)26-12-11-25(14-16(26)2)22(28)19-7-3-6-18-17(19)5-4-8-21(18)27/h4-5,8-10,13,16,19,27H,3,6-7,11-12,14H2,1-2H3/t16-,19?/m1/s1. The molecular formula is C23H27N3O3. The summed E-state index contributed by atoms with van der Waals surface area (Å²) in [6, 6.07) is 9.07. The van der Waals surface area contributed by atoms with E-state index in [2.05, 4.69) is 4.98 Å². The Morgan fingerprint density at radius 2 is 2.03 bits per heavy atom. The molecule has 2 atom stereocenters. The molecule has 6 heteroatoms. The van der Waals surface area contributed by atoms with Gasteiger partial charge >= 0.3 is 0 Å². The van der Waals surface area contributed by atoms with Gasteiger partial charge in [0.15, 0.2) is 0 Å². The lowest BCUT2D eigenvalue weighted by atomic mass is 9.81. The Balaban J connectivity index is 1.47. The summed E-state index contributed by atoms with van der Waals surface area (Å²) in [5, 5.41) is 10.2. The molecule has 1 aliphatic carbocycles. The third kappa shape index (κ3) is 3.71. The van der Waals surface area contributed by atoms with Crippen LogP contribution in [-0.4, -0.2) is 57.4 Å². The highest BCUT2D eigenvalue weighted by Gasteiger charge is 2.36. The van der Waals surface area contributed by atoms with E-state index in [0.29, 0.717) is 25.3 Å². The fraction of sp³-hybridized carbons (Fsp3) is 0.435. The number of hydrogen-bond acceptors (Lipinski definition) is 4. The van der Waals surface area contributed by atoms with Gasteiger partial charge in [-0.15, -0.1) is 0 Å². The predicted molar refractivity (Wildman–Crippen MR) is 110 cm³/mol. The van der Waals surface area contributed by atoms with Gasteiger partial charge in [0.05, 0.1) is 5.92 Å². The summed E-state index contributed by atoms with van der Waals surface area (Å²) in [5.41, 5.74) is 3.32. The van der Waals surface area contributed by atoms with Gasteiger partial charge in [0.25, 0.3) is 5.91 Å². The number of amides is 2. The number of benzene rings is 1. The van der Waals surface area contributed by atoms with Crippen LogP contribution in [0.1, 0.15) is 52.9 Å². The molecular weight excluding hydrogens is 366 g/mol. The molecule has 1 aromatic heterocycles. The molecule has 29 heavy (non-hydrogen) atoms. The van der Waals surface area contributed by atoms with Crippen LogP contribution in [0, 0.1) is 6.92 Å². The van der Waals surface area contributed by atoms with E-state index in [1.165, 1.54) is 0 Å². The summed E-state index contributed by atoms with van der Waals surface area (Å²) in [7, 11) is 0. The van der Waals surface area contributed by atoms with Crippen molar-refractivity contribution in [2.75, 3.05) is 19.6 Å². The normalized spacial score (nSPS) is 21.6. The monoisotopic (exact) mass is 393 g/mol. The third-order valence-corrected chi connectivity index (χ3v) is 6.12. The van der Waals surface area contributed by atoms with E-state index in [-0.39, 0.29) is 29.5 Å². The first kappa shape index (κ1) is 19.4. The van der Waals surface area contributed by atoms with Crippen molar-refractivity contribution in [3.8, 4) is 5.75 Å². The Bertz CT molecular complexity index is 943. The van der Waals surface area contributed by atoms with Crippen LogP contribution in [0.5, 0.6) is 5.75 Å².